The Kier molecular flexibility index (Phi) is 5.13. The van der Waals surface area contributed by atoms with E-state index in [1.807, 2.05) is 20.8 Å². The molecule has 1 amide bonds. The number of likely N-dealkylation sites (tertiary alicyclic amines) is 1. The number of rotatable bonds is 4. The van der Waals surface area contributed by atoms with E-state index in [0.717, 1.165) is 5.56 Å². The van der Waals surface area contributed by atoms with Crippen LogP contribution in [0.15, 0.2) is 54.1 Å². The lowest BCUT2D eigenvalue weighted by molar-refractivity contribution is -0.140. The van der Waals surface area contributed by atoms with Gasteiger partial charge >= 0.3 is 0 Å². The maximum absolute atomic E-state index is 14.5. The van der Waals surface area contributed by atoms with Crippen LogP contribution in [0, 0.1) is 18.7 Å². The van der Waals surface area contributed by atoms with E-state index in [4.69, 9.17) is 0 Å². The second-order valence-corrected chi connectivity index (χ2v) is 7.23. The Morgan fingerprint density at radius 3 is 2.33 bits per heavy atom. The van der Waals surface area contributed by atoms with Crippen LogP contribution in [-0.4, -0.2) is 28.2 Å². The molecule has 0 bridgehead atoms. The molecule has 1 unspecified atom stereocenters. The molecule has 0 aromatic heterocycles. The molecule has 0 aliphatic carbocycles. The molecule has 5 heteroatoms. The van der Waals surface area contributed by atoms with E-state index >= 15 is 0 Å². The highest BCUT2D eigenvalue weighted by atomic mass is 19.1. The van der Waals surface area contributed by atoms with Crippen molar-refractivity contribution in [2.75, 3.05) is 6.54 Å². The molecule has 2 aromatic carbocycles. The summed E-state index contributed by atoms with van der Waals surface area (Å²) in [5, 5.41) is 10.8. The Morgan fingerprint density at radius 2 is 1.74 bits per heavy atom. The number of aliphatic hydroxyl groups excluding tert-OH is 1. The molecule has 1 aliphatic heterocycles. The minimum atomic E-state index is -0.949. The first-order valence-corrected chi connectivity index (χ1v) is 8.91. The Balaban J connectivity index is 2.21. The van der Waals surface area contributed by atoms with Crippen LogP contribution in [0.25, 0.3) is 5.76 Å². The summed E-state index contributed by atoms with van der Waals surface area (Å²) in [6.07, 6.45) is 0. The van der Waals surface area contributed by atoms with E-state index in [1.54, 1.807) is 42.5 Å². The van der Waals surface area contributed by atoms with Gasteiger partial charge in [-0.25, -0.2) is 4.39 Å². The van der Waals surface area contributed by atoms with Gasteiger partial charge in [-0.3, -0.25) is 9.59 Å². The van der Waals surface area contributed by atoms with Crippen LogP contribution in [0.4, 0.5) is 4.39 Å². The number of amides is 1. The number of carbonyl (C=O) groups excluding carboxylic acids is 2. The molecule has 0 saturated carbocycles. The normalized spacial score (nSPS) is 19.1. The topological polar surface area (TPSA) is 57.6 Å². The van der Waals surface area contributed by atoms with Gasteiger partial charge in [0.15, 0.2) is 0 Å². The Morgan fingerprint density at radius 1 is 1.11 bits per heavy atom. The summed E-state index contributed by atoms with van der Waals surface area (Å²) in [6, 6.07) is 12.0. The number of Topliss-reactive ketones (excluding diaryl/α,β-unsaturated/α-hetero) is 1. The molecule has 0 radical (unpaired) electrons. The second kappa shape index (κ2) is 7.35. The largest absolute Gasteiger partial charge is 0.507 e. The number of aryl methyl sites for hydroxylation is 1. The van der Waals surface area contributed by atoms with Gasteiger partial charge in [-0.15, -0.1) is 0 Å². The fourth-order valence-corrected chi connectivity index (χ4v) is 3.35. The highest BCUT2D eigenvalue weighted by molar-refractivity contribution is 6.46. The molecule has 1 heterocycles. The standard InChI is InChI=1S/C22H22FNO3/c1-13(2)12-24-19(16-6-4-5-7-17(16)23)18(21(26)22(24)27)20(25)15-10-8-14(3)9-11-15/h4-11,13,19,25H,12H2,1-3H3. The monoisotopic (exact) mass is 367 g/mol. The summed E-state index contributed by atoms with van der Waals surface area (Å²) in [5.74, 6) is -2.23. The Labute approximate surface area is 157 Å². The van der Waals surface area contributed by atoms with Gasteiger partial charge in [-0.1, -0.05) is 61.9 Å². The number of halogens is 1. The smallest absolute Gasteiger partial charge is 0.295 e. The summed E-state index contributed by atoms with van der Waals surface area (Å²) in [6.45, 7) is 6.02. The van der Waals surface area contributed by atoms with Gasteiger partial charge in [0.25, 0.3) is 11.7 Å². The van der Waals surface area contributed by atoms with Crippen LogP contribution >= 0.6 is 0 Å². The quantitative estimate of drug-likeness (QED) is 0.500. The van der Waals surface area contributed by atoms with Crippen LogP contribution in [0.3, 0.4) is 0 Å². The third kappa shape index (κ3) is 3.50. The summed E-state index contributed by atoms with van der Waals surface area (Å²) < 4.78 is 14.5. The van der Waals surface area contributed by atoms with Gasteiger partial charge < -0.3 is 10.0 Å². The predicted octanol–water partition coefficient (Wildman–Crippen LogP) is 4.21. The van der Waals surface area contributed by atoms with E-state index in [-0.39, 0.29) is 29.4 Å². The van der Waals surface area contributed by atoms with Crippen molar-refractivity contribution in [3.05, 3.63) is 76.6 Å². The van der Waals surface area contributed by atoms with Gasteiger partial charge in [0, 0.05) is 17.7 Å². The molecule has 1 aliphatic rings. The van der Waals surface area contributed by atoms with E-state index in [0.29, 0.717) is 5.56 Å². The van der Waals surface area contributed by atoms with Crippen molar-refractivity contribution < 1.29 is 19.1 Å². The molecule has 1 atom stereocenters. The van der Waals surface area contributed by atoms with Gasteiger partial charge in [0.05, 0.1) is 11.6 Å². The van der Waals surface area contributed by atoms with Crippen molar-refractivity contribution in [2.24, 2.45) is 5.92 Å². The first-order chi connectivity index (χ1) is 12.8. The first-order valence-electron chi connectivity index (χ1n) is 8.91. The van der Waals surface area contributed by atoms with Crippen molar-refractivity contribution in [3.8, 4) is 0 Å². The van der Waals surface area contributed by atoms with Crippen LogP contribution < -0.4 is 0 Å². The average molecular weight is 367 g/mol. The number of hydrogen-bond donors (Lipinski definition) is 1. The molecule has 1 N–H and O–H groups in total. The zero-order valence-electron chi connectivity index (χ0n) is 15.6. The van der Waals surface area contributed by atoms with Gasteiger partial charge in [-0.2, -0.15) is 0 Å². The lowest BCUT2D eigenvalue weighted by Gasteiger charge is -2.27. The summed E-state index contributed by atoms with van der Waals surface area (Å²) in [7, 11) is 0. The summed E-state index contributed by atoms with van der Waals surface area (Å²) >= 11 is 0. The minimum Gasteiger partial charge on any atom is -0.507 e. The molecule has 140 valence electrons. The average Bonchev–Trinajstić information content (AvgIpc) is 2.86. The zero-order chi connectivity index (χ0) is 19.7. The Hall–Kier alpha value is -2.95. The molecule has 2 aromatic rings. The number of nitrogens with zero attached hydrogens (tertiary/aromatic N) is 1. The van der Waals surface area contributed by atoms with E-state index in [2.05, 4.69) is 0 Å². The van der Waals surface area contributed by atoms with Crippen molar-refractivity contribution in [3.63, 3.8) is 0 Å². The SMILES string of the molecule is Cc1ccc(C(O)=C2C(=O)C(=O)N(CC(C)C)C2c2ccccc2F)cc1. The molecule has 3 rings (SSSR count). The minimum absolute atomic E-state index is 0.0744. The van der Waals surface area contributed by atoms with Crippen LogP contribution in [-0.2, 0) is 9.59 Å². The number of hydrogen-bond acceptors (Lipinski definition) is 3. The molecule has 27 heavy (non-hydrogen) atoms. The van der Waals surface area contributed by atoms with Crippen LogP contribution in [0.5, 0.6) is 0 Å². The fraction of sp³-hybridized carbons (Fsp3) is 0.273. The number of benzene rings is 2. The number of carbonyl (C=O) groups is 2. The first kappa shape index (κ1) is 18.8. The van der Waals surface area contributed by atoms with Crippen molar-refractivity contribution in [1.29, 1.82) is 0 Å². The molecular weight excluding hydrogens is 345 g/mol. The maximum atomic E-state index is 14.5. The molecule has 1 fully saturated rings. The van der Waals surface area contributed by atoms with Gasteiger partial charge in [-0.05, 0) is 18.9 Å². The van der Waals surface area contributed by atoms with E-state index in [9.17, 15) is 19.1 Å². The van der Waals surface area contributed by atoms with Crippen molar-refractivity contribution in [2.45, 2.75) is 26.8 Å². The van der Waals surface area contributed by atoms with Crippen LogP contribution in [0.1, 0.15) is 36.6 Å². The van der Waals surface area contributed by atoms with Crippen molar-refractivity contribution >= 4 is 17.4 Å². The maximum Gasteiger partial charge on any atom is 0.295 e. The zero-order valence-corrected chi connectivity index (χ0v) is 15.6. The highest BCUT2D eigenvalue weighted by Gasteiger charge is 2.46. The predicted molar refractivity (Wildman–Crippen MR) is 101 cm³/mol. The molecule has 0 spiro atoms. The molecule has 4 nitrogen and oxygen atoms in total. The number of ketones is 1. The van der Waals surface area contributed by atoms with Gasteiger partial charge in [0.2, 0.25) is 0 Å². The Bertz CT molecular complexity index is 915. The lowest BCUT2D eigenvalue weighted by Crippen LogP contribution is -2.33. The van der Waals surface area contributed by atoms with Crippen LogP contribution in [0.2, 0.25) is 0 Å². The summed E-state index contributed by atoms with van der Waals surface area (Å²) in [4.78, 5) is 26.7. The third-order valence-corrected chi connectivity index (χ3v) is 4.63. The summed E-state index contributed by atoms with van der Waals surface area (Å²) in [5.41, 5.74) is 1.54. The molecule has 1 saturated heterocycles. The second-order valence-electron chi connectivity index (χ2n) is 7.23. The fourth-order valence-electron chi connectivity index (χ4n) is 3.35. The van der Waals surface area contributed by atoms with E-state index < -0.39 is 23.5 Å². The number of aliphatic hydroxyl groups is 1. The third-order valence-electron chi connectivity index (χ3n) is 4.63. The van der Waals surface area contributed by atoms with Gasteiger partial charge in [0.1, 0.15) is 11.6 Å². The highest BCUT2D eigenvalue weighted by Crippen LogP contribution is 2.40. The van der Waals surface area contributed by atoms with Crippen molar-refractivity contribution in [1.82, 2.24) is 4.90 Å². The lowest BCUT2D eigenvalue weighted by atomic mass is 9.94. The molecular formula is C22H22FNO3. The van der Waals surface area contributed by atoms with E-state index in [1.165, 1.54) is 11.0 Å².